The molecule has 0 aliphatic rings. The molecule has 0 aliphatic heterocycles. The van der Waals surface area contributed by atoms with Crippen LogP contribution < -0.4 is 0 Å². The van der Waals surface area contributed by atoms with E-state index in [1.54, 1.807) is 0 Å². The fraction of sp³-hybridized carbons (Fsp3) is 0.143. The second-order valence-corrected chi connectivity index (χ2v) is 2.33. The normalized spacial score (nSPS) is 10.5. The van der Waals surface area contributed by atoms with Crippen LogP contribution in [0.1, 0.15) is 11.9 Å². The smallest absolute Gasteiger partial charge is 0.277 e. The Balaban J connectivity index is 3.26. The molecule has 0 unspecified atom stereocenters. The van der Waals surface area contributed by atoms with Gasteiger partial charge >= 0.3 is 0 Å². The number of benzene rings is 1. The van der Waals surface area contributed by atoms with Crippen LogP contribution in [0.4, 0.5) is 10.1 Å². The van der Waals surface area contributed by atoms with E-state index >= 15 is 0 Å². The van der Waals surface area contributed by atoms with Gasteiger partial charge < -0.3 is 10.2 Å². The lowest BCUT2D eigenvalue weighted by Gasteiger charge is -2.03. The zero-order valence-corrected chi connectivity index (χ0v) is 6.35. The molecule has 0 atom stereocenters. The highest BCUT2D eigenvalue weighted by Crippen LogP contribution is 2.24. The van der Waals surface area contributed by atoms with Crippen LogP contribution in [0.5, 0.6) is 0 Å². The Labute approximate surface area is 72.2 Å². The maximum absolute atomic E-state index is 12.5. The summed E-state index contributed by atoms with van der Waals surface area (Å²) in [5, 5.41) is 27.6. The molecule has 0 saturated carbocycles. The maximum atomic E-state index is 12.5. The third-order valence-corrected chi connectivity index (χ3v) is 1.46. The third kappa shape index (κ3) is 1.98. The van der Waals surface area contributed by atoms with E-state index in [9.17, 15) is 14.5 Å². The summed E-state index contributed by atoms with van der Waals surface area (Å²) >= 11 is 0. The van der Waals surface area contributed by atoms with E-state index in [4.69, 9.17) is 10.2 Å². The molecule has 70 valence electrons. The summed E-state index contributed by atoms with van der Waals surface area (Å²) in [7, 11) is 0. The Bertz CT molecular complexity index is 339. The van der Waals surface area contributed by atoms with Crippen LogP contribution in [-0.2, 0) is 0 Å². The summed E-state index contributed by atoms with van der Waals surface area (Å²) in [6.07, 6.45) is -2.05. The standard InChI is InChI=1S/C7H6FNO4/c8-4-1-2-6(9(12)13)5(3-4)7(10)11/h1-3,7,10-11H. The fourth-order valence-electron chi connectivity index (χ4n) is 0.898. The third-order valence-electron chi connectivity index (χ3n) is 1.46. The van der Waals surface area contributed by atoms with Gasteiger partial charge in [-0.2, -0.15) is 0 Å². The Hall–Kier alpha value is -1.53. The molecule has 0 spiro atoms. The van der Waals surface area contributed by atoms with Crippen LogP contribution >= 0.6 is 0 Å². The summed E-state index contributed by atoms with van der Waals surface area (Å²) in [6.45, 7) is 0. The van der Waals surface area contributed by atoms with Crippen LogP contribution in [0.25, 0.3) is 0 Å². The predicted molar refractivity (Wildman–Crippen MR) is 40.2 cm³/mol. The van der Waals surface area contributed by atoms with Crippen molar-refractivity contribution in [3.63, 3.8) is 0 Å². The highest BCUT2D eigenvalue weighted by molar-refractivity contribution is 5.40. The van der Waals surface area contributed by atoms with Crippen molar-refractivity contribution in [3.05, 3.63) is 39.7 Å². The van der Waals surface area contributed by atoms with E-state index in [-0.39, 0.29) is 0 Å². The number of hydrogen-bond acceptors (Lipinski definition) is 4. The highest BCUT2D eigenvalue weighted by Gasteiger charge is 2.18. The fourth-order valence-corrected chi connectivity index (χ4v) is 0.898. The minimum Gasteiger partial charge on any atom is -0.364 e. The Morgan fingerprint density at radius 3 is 2.54 bits per heavy atom. The summed E-state index contributed by atoms with van der Waals surface area (Å²) in [4.78, 5) is 9.49. The van der Waals surface area contributed by atoms with Gasteiger partial charge in [0.05, 0.1) is 10.5 Å². The quantitative estimate of drug-likeness (QED) is 0.406. The Morgan fingerprint density at radius 2 is 2.08 bits per heavy atom. The number of nitrogens with zero attached hydrogens (tertiary/aromatic N) is 1. The van der Waals surface area contributed by atoms with E-state index in [1.807, 2.05) is 0 Å². The van der Waals surface area contributed by atoms with Crippen LogP contribution in [0.3, 0.4) is 0 Å². The van der Waals surface area contributed by atoms with Gasteiger partial charge in [-0.1, -0.05) is 0 Å². The van der Waals surface area contributed by atoms with Crippen molar-refractivity contribution in [1.29, 1.82) is 0 Å². The first-order chi connectivity index (χ1) is 6.02. The van der Waals surface area contributed by atoms with Crippen molar-refractivity contribution < 1.29 is 19.5 Å². The van der Waals surface area contributed by atoms with Gasteiger partial charge in [-0.25, -0.2) is 4.39 Å². The van der Waals surface area contributed by atoms with Gasteiger partial charge in [-0.3, -0.25) is 10.1 Å². The van der Waals surface area contributed by atoms with Crippen LogP contribution in [-0.4, -0.2) is 15.1 Å². The number of halogens is 1. The van der Waals surface area contributed by atoms with Crippen molar-refractivity contribution in [1.82, 2.24) is 0 Å². The highest BCUT2D eigenvalue weighted by atomic mass is 19.1. The molecular formula is C7H6FNO4. The molecule has 0 aromatic heterocycles. The summed E-state index contributed by atoms with van der Waals surface area (Å²) in [5.74, 6) is -0.756. The van der Waals surface area contributed by atoms with Crippen molar-refractivity contribution >= 4 is 5.69 Å². The van der Waals surface area contributed by atoms with Crippen molar-refractivity contribution in [3.8, 4) is 0 Å². The molecule has 0 radical (unpaired) electrons. The van der Waals surface area contributed by atoms with Gasteiger partial charge in [0.15, 0.2) is 6.29 Å². The number of nitro groups is 1. The second-order valence-electron chi connectivity index (χ2n) is 2.33. The van der Waals surface area contributed by atoms with Gasteiger partial charge in [0.25, 0.3) is 5.69 Å². The first kappa shape index (κ1) is 9.56. The van der Waals surface area contributed by atoms with Gasteiger partial charge in [0, 0.05) is 6.07 Å². The molecule has 5 nitrogen and oxygen atoms in total. The van der Waals surface area contributed by atoms with Crippen LogP contribution in [0.2, 0.25) is 0 Å². The number of aliphatic hydroxyl groups is 2. The van der Waals surface area contributed by atoms with Crippen LogP contribution in [0.15, 0.2) is 18.2 Å². The zero-order chi connectivity index (χ0) is 10.0. The zero-order valence-electron chi connectivity index (χ0n) is 6.35. The average Bonchev–Trinajstić information content (AvgIpc) is 2.03. The van der Waals surface area contributed by atoms with Crippen molar-refractivity contribution in [2.45, 2.75) is 6.29 Å². The van der Waals surface area contributed by atoms with Gasteiger partial charge in [-0.15, -0.1) is 0 Å². The van der Waals surface area contributed by atoms with Crippen LogP contribution in [0, 0.1) is 15.9 Å². The van der Waals surface area contributed by atoms with Gasteiger partial charge in [-0.05, 0) is 12.1 Å². The van der Waals surface area contributed by atoms with Crippen molar-refractivity contribution in [2.24, 2.45) is 0 Å². The molecule has 0 heterocycles. The number of hydrogen-bond donors (Lipinski definition) is 2. The topological polar surface area (TPSA) is 83.6 Å². The average molecular weight is 187 g/mol. The van der Waals surface area contributed by atoms with E-state index < -0.39 is 28.3 Å². The first-order valence-corrected chi connectivity index (χ1v) is 3.32. The van der Waals surface area contributed by atoms with E-state index in [0.717, 1.165) is 12.1 Å². The largest absolute Gasteiger partial charge is 0.364 e. The Morgan fingerprint density at radius 1 is 1.46 bits per heavy atom. The molecule has 1 rings (SSSR count). The second kappa shape index (κ2) is 3.46. The van der Waals surface area contributed by atoms with Gasteiger partial charge in [0.2, 0.25) is 0 Å². The van der Waals surface area contributed by atoms with E-state index in [0.29, 0.717) is 6.07 Å². The molecule has 13 heavy (non-hydrogen) atoms. The lowest BCUT2D eigenvalue weighted by molar-refractivity contribution is -0.386. The molecule has 0 aliphatic carbocycles. The number of rotatable bonds is 2. The Kier molecular flexibility index (Phi) is 2.54. The molecule has 0 amide bonds. The molecular weight excluding hydrogens is 181 g/mol. The predicted octanol–water partition coefficient (Wildman–Crippen LogP) is 0.717. The molecule has 1 aromatic rings. The molecule has 1 aromatic carbocycles. The lowest BCUT2D eigenvalue weighted by atomic mass is 10.1. The molecule has 0 fully saturated rings. The SMILES string of the molecule is O=[N+]([O-])c1ccc(F)cc1C(O)O. The monoisotopic (exact) mass is 187 g/mol. The maximum Gasteiger partial charge on any atom is 0.277 e. The van der Waals surface area contributed by atoms with E-state index in [1.165, 1.54) is 0 Å². The lowest BCUT2D eigenvalue weighted by Crippen LogP contribution is -2.01. The minimum absolute atomic E-state index is 0.454. The molecule has 0 saturated heterocycles. The van der Waals surface area contributed by atoms with Gasteiger partial charge in [0.1, 0.15) is 5.82 Å². The first-order valence-electron chi connectivity index (χ1n) is 3.32. The minimum atomic E-state index is -2.05. The summed E-state index contributed by atoms with van der Waals surface area (Å²) in [6, 6.07) is 2.47. The molecule has 6 heteroatoms. The molecule has 2 N–H and O–H groups in total. The van der Waals surface area contributed by atoms with E-state index in [2.05, 4.69) is 0 Å². The number of nitro benzene ring substituents is 1. The number of aliphatic hydroxyl groups excluding tert-OH is 1. The summed E-state index contributed by atoms with van der Waals surface area (Å²) in [5.41, 5.74) is -0.971. The van der Waals surface area contributed by atoms with Crippen molar-refractivity contribution in [2.75, 3.05) is 0 Å². The summed E-state index contributed by atoms with van der Waals surface area (Å²) < 4.78 is 12.5. The molecule has 0 bridgehead atoms.